The maximum Gasteiger partial charge on any atom is 0.159 e. The number of aryl methyl sites for hydroxylation is 1. The lowest BCUT2D eigenvalue weighted by Crippen LogP contribution is -2.25. The molecular formula is C29H36F2. The highest BCUT2D eigenvalue weighted by atomic mass is 19.2. The summed E-state index contributed by atoms with van der Waals surface area (Å²) >= 11 is 0. The van der Waals surface area contributed by atoms with Crippen molar-refractivity contribution in [2.24, 2.45) is 23.7 Å². The first-order chi connectivity index (χ1) is 15.1. The summed E-state index contributed by atoms with van der Waals surface area (Å²) in [6, 6.07) is 12.5. The van der Waals surface area contributed by atoms with Crippen LogP contribution in [0.4, 0.5) is 8.78 Å². The molecule has 0 aromatic heterocycles. The third-order valence-corrected chi connectivity index (χ3v) is 7.89. The molecule has 0 aliphatic heterocycles. The summed E-state index contributed by atoms with van der Waals surface area (Å²) in [5.74, 6) is 2.07. The summed E-state index contributed by atoms with van der Waals surface area (Å²) in [7, 11) is 0. The molecule has 2 fully saturated rings. The normalized spacial score (nSPS) is 26.9. The fourth-order valence-corrected chi connectivity index (χ4v) is 5.94. The molecule has 2 heteroatoms. The van der Waals surface area contributed by atoms with Crippen LogP contribution in [-0.2, 0) is 6.42 Å². The molecule has 2 saturated carbocycles. The Labute approximate surface area is 186 Å². The highest BCUT2D eigenvalue weighted by molar-refractivity contribution is 5.63. The van der Waals surface area contributed by atoms with Gasteiger partial charge in [-0.25, -0.2) is 8.78 Å². The minimum absolute atomic E-state index is 0.725. The Kier molecular flexibility index (Phi) is 7.58. The Morgan fingerprint density at radius 1 is 0.742 bits per heavy atom. The Bertz CT molecular complexity index is 851. The third-order valence-electron chi connectivity index (χ3n) is 7.89. The van der Waals surface area contributed by atoms with Gasteiger partial charge in [0.1, 0.15) is 0 Å². The number of benzene rings is 2. The fourth-order valence-electron chi connectivity index (χ4n) is 5.94. The molecule has 0 spiro atoms. The maximum absolute atomic E-state index is 13.5. The quantitative estimate of drug-likeness (QED) is 0.408. The lowest BCUT2D eigenvalue weighted by Gasteiger charge is -2.37. The van der Waals surface area contributed by atoms with Gasteiger partial charge in [0.05, 0.1) is 0 Å². The molecule has 0 heterocycles. The first-order valence-corrected chi connectivity index (χ1v) is 12.3. The predicted molar refractivity (Wildman–Crippen MR) is 126 cm³/mol. The van der Waals surface area contributed by atoms with Crippen LogP contribution < -0.4 is 0 Å². The lowest BCUT2D eigenvalue weighted by molar-refractivity contribution is 0.152. The van der Waals surface area contributed by atoms with Gasteiger partial charge in [-0.2, -0.15) is 0 Å². The second-order valence-corrected chi connectivity index (χ2v) is 9.85. The molecule has 2 aromatic carbocycles. The van der Waals surface area contributed by atoms with Gasteiger partial charge in [-0.05, 0) is 111 Å². The van der Waals surface area contributed by atoms with Crippen LogP contribution in [0.2, 0.25) is 0 Å². The van der Waals surface area contributed by atoms with E-state index in [1.807, 2.05) is 12.1 Å². The molecule has 0 atom stereocenters. The van der Waals surface area contributed by atoms with Crippen LogP contribution in [0.5, 0.6) is 0 Å². The lowest BCUT2D eigenvalue weighted by atomic mass is 9.68. The molecule has 0 N–H and O–H groups in total. The van der Waals surface area contributed by atoms with Gasteiger partial charge in [0.2, 0.25) is 0 Å². The van der Waals surface area contributed by atoms with Gasteiger partial charge in [-0.3, -0.25) is 0 Å². The minimum Gasteiger partial charge on any atom is -0.204 e. The number of hydrogen-bond donors (Lipinski definition) is 0. The third kappa shape index (κ3) is 5.84. The van der Waals surface area contributed by atoms with Gasteiger partial charge in [0.15, 0.2) is 11.6 Å². The van der Waals surface area contributed by atoms with Crippen molar-refractivity contribution in [3.05, 3.63) is 71.8 Å². The molecule has 0 nitrogen and oxygen atoms in total. The van der Waals surface area contributed by atoms with E-state index in [1.165, 1.54) is 75.5 Å². The summed E-state index contributed by atoms with van der Waals surface area (Å²) in [5, 5.41) is 0. The second kappa shape index (κ2) is 10.6. The summed E-state index contributed by atoms with van der Waals surface area (Å²) in [6.07, 6.45) is 18.3. The largest absolute Gasteiger partial charge is 0.204 e. The maximum atomic E-state index is 13.5. The van der Waals surface area contributed by atoms with Crippen molar-refractivity contribution in [2.75, 3.05) is 0 Å². The van der Waals surface area contributed by atoms with Crippen molar-refractivity contribution in [3.63, 3.8) is 0 Å². The highest BCUT2D eigenvalue weighted by Gasteiger charge is 2.30. The van der Waals surface area contributed by atoms with Crippen LogP contribution in [0.1, 0.15) is 70.3 Å². The monoisotopic (exact) mass is 422 g/mol. The number of halogens is 2. The van der Waals surface area contributed by atoms with Gasteiger partial charge >= 0.3 is 0 Å². The van der Waals surface area contributed by atoms with E-state index in [1.54, 1.807) is 6.07 Å². The topological polar surface area (TPSA) is 0 Å². The second-order valence-electron chi connectivity index (χ2n) is 9.85. The van der Waals surface area contributed by atoms with Crippen molar-refractivity contribution in [1.29, 1.82) is 0 Å². The smallest absolute Gasteiger partial charge is 0.159 e. The first kappa shape index (κ1) is 22.2. The number of rotatable bonds is 6. The molecule has 0 saturated heterocycles. The van der Waals surface area contributed by atoms with Crippen LogP contribution in [-0.4, -0.2) is 0 Å². The molecule has 31 heavy (non-hydrogen) atoms. The Hall–Kier alpha value is -1.96. The van der Waals surface area contributed by atoms with Crippen molar-refractivity contribution in [2.45, 2.75) is 71.1 Å². The fraction of sp³-hybridized carbons (Fsp3) is 0.517. The Balaban J connectivity index is 1.21. The summed E-state index contributed by atoms with van der Waals surface area (Å²) in [4.78, 5) is 0. The number of allylic oxidation sites excluding steroid dienone is 2. The van der Waals surface area contributed by atoms with Crippen LogP contribution in [0.25, 0.3) is 11.1 Å². The first-order valence-electron chi connectivity index (χ1n) is 12.3. The molecule has 166 valence electrons. The average molecular weight is 423 g/mol. The molecule has 0 unspecified atom stereocenters. The van der Waals surface area contributed by atoms with Crippen LogP contribution in [0, 0.1) is 35.3 Å². The molecule has 2 aromatic rings. The minimum atomic E-state index is -0.795. The van der Waals surface area contributed by atoms with E-state index in [0.29, 0.717) is 0 Å². The van der Waals surface area contributed by atoms with E-state index in [4.69, 9.17) is 0 Å². The van der Waals surface area contributed by atoms with Gasteiger partial charge in [0, 0.05) is 0 Å². The van der Waals surface area contributed by atoms with Crippen LogP contribution >= 0.6 is 0 Å². The molecule has 2 aliphatic rings. The molecule has 0 bridgehead atoms. The van der Waals surface area contributed by atoms with Crippen molar-refractivity contribution in [3.8, 4) is 11.1 Å². The van der Waals surface area contributed by atoms with E-state index >= 15 is 0 Å². The zero-order valence-electron chi connectivity index (χ0n) is 18.8. The summed E-state index contributed by atoms with van der Waals surface area (Å²) in [5.41, 5.74) is 3.01. The molecule has 2 aliphatic carbocycles. The average Bonchev–Trinajstić information content (AvgIpc) is 2.81. The van der Waals surface area contributed by atoms with E-state index in [2.05, 4.69) is 31.2 Å². The molecular weight excluding hydrogens is 386 g/mol. The standard InChI is InChI=1S/C29H36F2/c1-2-3-21-6-12-24(13-7-21)25-14-8-22(9-15-25)4-5-23-10-16-26(17-11-23)27-18-19-28(30)29(31)20-27/h2-3,10-11,16-22,24-25H,4-9,12-15H2,1H3/b3-2+/t21-,22?,24-,25?. The summed E-state index contributed by atoms with van der Waals surface area (Å²) < 4.78 is 26.6. The van der Waals surface area contributed by atoms with Crippen LogP contribution in [0.15, 0.2) is 54.6 Å². The van der Waals surface area contributed by atoms with Gasteiger partial charge < -0.3 is 0 Å². The van der Waals surface area contributed by atoms with E-state index in [-0.39, 0.29) is 0 Å². The molecule has 0 radical (unpaired) electrons. The van der Waals surface area contributed by atoms with E-state index in [9.17, 15) is 8.78 Å². The SMILES string of the molecule is C/C=C/[C@H]1CC[C@H](C2CCC(CCc3ccc(-c4ccc(F)c(F)c4)cc3)CC2)CC1. The molecule has 0 amide bonds. The van der Waals surface area contributed by atoms with Gasteiger partial charge in [0.25, 0.3) is 0 Å². The zero-order chi connectivity index (χ0) is 21.6. The van der Waals surface area contributed by atoms with Crippen molar-refractivity contribution in [1.82, 2.24) is 0 Å². The Morgan fingerprint density at radius 3 is 1.97 bits per heavy atom. The Morgan fingerprint density at radius 2 is 1.35 bits per heavy atom. The van der Waals surface area contributed by atoms with E-state index < -0.39 is 11.6 Å². The van der Waals surface area contributed by atoms with Crippen molar-refractivity contribution >= 4 is 0 Å². The highest BCUT2D eigenvalue weighted by Crippen LogP contribution is 2.42. The number of hydrogen-bond acceptors (Lipinski definition) is 0. The van der Waals surface area contributed by atoms with Gasteiger partial charge in [-0.15, -0.1) is 0 Å². The van der Waals surface area contributed by atoms with Gasteiger partial charge in [-0.1, -0.05) is 55.3 Å². The predicted octanol–water partition coefficient (Wildman–Crippen LogP) is 8.75. The zero-order valence-corrected chi connectivity index (χ0v) is 18.8. The van der Waals surface area contributed by atoms with Crippen molar-refractivity contribution < 1.29 is 8.78 Å². The van der Waals surface area contributed by atoms with Crippen LogP contribution in [0.3, 0.4) is 0 Å². The van der Waals surface area contributed by atoms with E-state index in [0.717, 1.165) is 41.2 Å². The molecule has 4 rings (SSSR count). The summed E-state index contributed by atoms with van der Waals surface area (Å²) in [6.45, 7) is 2.15.